The lowest BCUT2D eigenvalue weighted by Gasteiger charge is -2.22. The quantitative estimate of drug-likeness (QED) is 0.886. The van der Waals surface area contributed by atoms with Crippen LogP contribution in [-0.2, 0) is 9.59 Å². The summed E-state index contributed by atoms with van der Waals surface area (Å²) in [5, 5.41) is 13.4. The fourth-order valence-electron chi connectivity index (χ4n) is 2.30. The van der Waals surface area contributed by atoms with Gasteiger partial charge in [0.05, 0.1) is 11.2 Å². The summed E-state index contributed by atoms with van der Waals surface area (Å²) < 4.78 is 38.9. The summed E-state index contributed by atoms with van der Waals surface area (Å²) in [4.78, 5) is 23.5. The van der Waals surface area contributed by atoms with Gasteiger partial charge in [0.2, 0.25) is 5.91 Å². The van der Waals surface area contributed by atoms with E-state index in [0.717, 1.165) is 0 Å². The van der Waals surface area contributed by atoms with Crippen molar-refractivity contribution in [3.05, 3.63) is 36.2 Å². The predicted octanol–water partition coefficient (Wildman–Crippen LogP) is 2.45. The summed E-state index contributed by atoms with van der Waals surface area (Å²) in [7, 11) is 0. The third-order valence-corrected chi connectivity index (χ3v) is 3.55. The van der Waals surface area contributed by atoms with Crippen molar-refractivity contribution in [2.75, 3.05) is 5.32 Å². The number of halogens is 3. The zero-order chi connectivity index (χ0) is 18.8. The molecule has 9 heteroatoms. The maximum atomic E-state index is 12.4. The second kappa shape index (κ2) is 6.84. The fourth-order valence-corrected chi connectivity index (χ4v) is 2.30. The third kappa shape index (κ3) is 3.91. The zero-order valence-electron chi connectivity index (χ0n) is 13.4. The van der Waals surface area contributed by atoms with Gasteiger partial charge in [-0.1, -0.05) is 19.9 Å². The van der Waals surface area contributed by atoms with Crippen molar-refractivity contribution in [3.63, 3.8) is 0 Å². The van der Waals surface area contributed by atoms with Crippen LogP contribution in [0.4, 0.5) is 18.9 Å². The lowest BCUT2D eigenvalue weighted by Crippen LogP contribution is -2.51. The number of pyridine rings is 1. The Bertz CT molecular complexity index is 849. The van der Waals surface area contributed by atoms with Crippen LogP contribution in [0.25, 0.3) is 5.52 Å². The Hall–Kier alpha value is -3.02. The van der Waals surface area contributed by atoms with Crippen LogP contribution in [0.15, 0.2) is 30.6 Å². The Morgan fingerprint density at radius 1 is 1.28 bits per heavy atom. The predicted molar refractivity (Wildman–Crippen MR) is 83.6 cm³/mol. The number of aromatic nitrogens is 1. The van der Waals surface area contributed by atoms with Crippen LogP contribution < -0.4 is 10.6 Å². The molecule has 2 aromatic rings. The molecular weight excluding hydrogens is 337 g/mol. The molecule has 132 valence electrons. The van der Waals surface area contributed by atoms with Crippen molar-refractivity contribution in [1.29, 1.82) is 5.26 Å². The third-order valence-electron chi connectivity index (χ3n) is 3.55. The maximum absolute atomic E-state index is 12.4. The van der Waals surface area contributed by atoms with Crippen molar-refractivity contribution < 1.29 is 22.8 Å². The Balaban J connectivity index is 2.27. The van der Waals surface area contributed by atoms with E-state index >= 15 is 0 Å². The molecule has 2 heterocycles. The molecule has 0 aliphatic heterocycles. The molecule has 0 aliphatic carbocycles. The number of nitrogens with one attached hydrogen (secondary N) is 2. The van der Waals surface area contributed by atoms with Gasteiger partial charge in [-0.15, -0.1) is 0 Å². The number of carbonyl (C=O) groups excluding carboxylic acids is 2. The zero-order valence-corrected chi connectivity index (χ0v) is 13.4. The number of hydrogen-bond acceptors (Lipinski definition) is 3. The topological polar surface area (TPSA) is 86.4 Å². The lowest BCUT2D eigenvalue weighted by molar-refractivity contribution is -0.175. The van der Waals surface area contributed by atoms with Crippen molar-refractivity contribution in [2.24, 2.45) is 5.92 Å². The first kappa shape index (κ1) is 18.3. The number of nitrogens with zero attached hydrogens (tertiary/aromatic N) is 2. The molecule has 2 aromatic heterocycles. The van der Waals surface area contributed by atoms with Gasteiger partial charge >= 0.3 is 12.1 Å². The van der Waals surface area contributed by atoms with E-state index in [1.165, 1.54) is 20.0 Å². The molecule has 0 spiro atoms. The highest BCUT2D eigenvalue weighted by molar-refractivity contribution is 6.00. The summed E-state index contributed by atoms with van der Waals surface area (Å²) in [5.74, 6) is -3.61. The summed E-state index contributed by atoms with van der Waals surface area (Å²) >= 11 is 0. The van der Waals surface area contributed by atoms with Gasteiger partial charge in [-0.05, 0) is 18.1 Å². The second-order valence-corrected chi connectivity index (χ2v) is 5.70. The number of nitriles is 1. The molecule has 0 unspecified atom stereocenters. The smallest absolute Gasteiger partial charge is 0.336 e. The van der Waals surface area contributed by atoms with E-state index in [1.807, 2.05) is 6.07 Å². The van der Waals surface area contributed by atoms with Gasteiger partial charge in [-0.3, -0.25) is 9.59 Å². The average molecular weight is 352 g/mol. The van der Waals surface area contributed by atoms with Gasteiger partial charge in [0.15, 0.2) is 0 Å². The van der Waals surface area contributed by atoms with Crippen molar-refractivity contribution in [2.45, 2.75) is 26.1 Å². The minimum Gasteiger partial charge on any atom is -0.336 e. The highest BCUT2D eigenvalue weighted by Crippen LogP contribution is 2.23. The summed E-state index contributed by atoms with van der Waals surface area (Å²) in [6.07, 6.45) is -1.94. The van der Waals surface area contributed by atoms with Gasteiger partial charge < -0.3 is 15.0 Å². The van der Waals surface area contributed by atoms with Crippen LogP contribution >= 0.6 is 0 Å². The van der Waals surface area contributed by atoms with Gasteiger partial charge in [0.25, 0.3) is 0 Å². The van der Waals surface area contributed by atoms with Gasteiger partial charge in [0.1, 0.15) is 17.7 Å². The second-order valence-electron chi connectivity index (χ2n) is 5.70. The molecule has 0 fully saturated rings. The van der Waals surface area contributed by atoms with Crippen molar-refractivity contribution in [1.82, 2.24) is 9.72 Å². The molecule has 1 atom stereocenters. The van der Waals surface area contributed by atoms with Crippen molar-refractivity contribution in [3.8, 4) is 6.07 Å². The standard InChI is InChI=1S/C16H15F3N4O2/c1-9(2)13(22-15(25)16(17,18)19)14(24)21-11-8-23-6-4-3-5-12(23)10(11)7-20/h3-6,8-9,13H,1-2H3,(H,21,24)(H,22,25)/t13-/m1/s1. The van der Waals surface area contributed by atoms with Gasteiger partial charge in [-0.2, -0.15) is 18.4 Å². The number of alkyl halides is 3. The van der Waals surface area contributed by atoms with Crippen LogP contribution in [0.3, 0.4) is 0 Å². The van der Waals surface area contributed by atoms with Gasteiger partial charge in [0, 0.05) is 12.4 Å². The molecule has 0 saturated heterocycles. The molecule has 6 nitrogen and oxygen atoms in total. The van der Waals surface area contributed by atoms with E-state index in [1.54, 1.807) is 34.1 Å². The van der Waals surface area contributed by atoms with E-state index in [2.05, 4.69) is 5.32 Å². The molecule has 0 bridgehead atoms. The molecule has 0 aromatic carbocycles. The Morgan fingerprint density at radius 2 is 1.96 bits per heavy atom. The molecule has 2 amide bonds. The summed E-state index contributed by atoms with van der Waals surface area (Å²) in [6, 6.07) is 5.65. The molecule has 0 aliphatic rings. The van der Waals surface area contributed by atoms with E-state index in [9.17, 15) is 28.0 Å². The number of carbonyl (C=O) groups is 2. The van der Waals surface area contributed by atoms with Gasteiger partial charge in [-0.25, -0.2) is 0 Å². The Kier molecular flexibility index (Phi) is 5.02. The highest BCUT2D eigenvalue weighted by Gasteiger charge is 2.41. The molecule has 2 N–H and O–H groups in total. The lowest BCUT2D eigenvalue weighted by atomic mass is 10.0. The molecule has 0 radical (unpaired) electrons. The van der Waals surface area contributed by atoms with E-state index in [-0.39, 0.29) is 11.3 Å². The number of anilines is 1. The Morgan fingerprint density at radius 3 is 2.52 bits per heavy atom. The van der Waals surface area contributed by atoms with E-state index < -0.39 is 30.0 Å². The van der Waals surface area contributed by atoms with Crippen LogP contribution in [0, 0.1) is 17.2 Å². The maximum Gasteiger partial charge on any atom is 0.471 e. The van der Waals surface area contributed by atoms with Crippen LogP contribution in [0.1, 0.15) is 19.4 Å². The van der Waals surface area contributed by atoms with Crippen LogP contribution in [-0.4, -0.2) is 28.4 Å². The summed E-state index contributed by atoms with van der Waals surface area (Å²) in [5.41, 5.74) is 0.880. The molecular formula is C16H15F3N4O2. The molecule has 2 rings (SSSR count). The molecule has 0 saturated carbocycles. The minimum absolute atomic E-state index is 0.158. The van der Waals surface area contributed by atoms with E-state index in [0.29, 0.717) is 5.52 Å². The van der Waals surface area contributed by atoms with Crippen LogP contribution in [0.2, 0.25) is 0 Å². The number of amides is 2. The SMILES string of the molecule is CC(C)[C@@H](NC(=O)C(F)(F)F)C(=O)Nc1cn2ccccc2c1C#N. The molecule has 25 heavy (non-hydrogen) atoms. The fraction of sp³-hybridized carbons (Fsp3) is 0.312. The first-order chi connectivity index (χ1) is 11.6. The largest absolute Gasteiger partial charge is 0.471 e. The normalized spacial score (nSPS) is 12.7. The monoisotopic (exact) mass is 352 g/mol. The minimum atomic E-state index is -5.09. The van der Waals surface area contributed by atoms with Crippen LogP contribution in [0.5, 0.6) is 0 Å². The van der Waals surface area contributed by atoms with Crippen molar-refractivity contribution >= 4 is 23.0 Å². The summed E-state index contributed by atoms with van der Waals surface area (Å²) in [6.45, 7) is 3.00. The highest BCUT2D eigenvalue weighted by atomic mass is 19.4. The number of fused-ring (bicyclic) bond motifs is 1. The average Bonchev–Trinajstić information content (AvgIpc) is 2.87. The first-order valence-corrected chi connectivity index (χ1v) is 7.33. The van der Waals surface area contributed by atoms with E-state index in [4.69, 9.17) is 0 Å². The first-order valence-electron chi connectivity index (χ1n) is 7.33. The Labute approximate surface area is 141 Å². The number of hydrogen-bond donors (Lipinski definition) is 2. The number of rotatable bonds is 4.